The highest BCUT2D eigenvalue weighted by molar-refractivity contribution is 14.1. The maximum Gasteiger partial charge on any atom is 0.0352 e. The van der Waals surface area contributed by atoms with Crippen molar-refractivity contribution in [3.63, 3.8) is 0 Å². The van der Waals surface area contributed by atoms with Crippen molar-refractivity contribution in [1.82, 2.24) is 0 Å². The van der Waals surface area contributed by atoms with Crippen LogP contribution in [0, 0.1) is 3.57 Å². The standard InChI is InChI=1S/C13H18IN/c14-11-6-5-9-13(10-11)15-12-7-3-1-2-4-8-12/h5-6,9-10,12,15H,1-4,7-8H2. The van der Waals surface area contributed by atoms with Crippen LogP contribution in [-0.2, 0) is 0 Å². The lowest BCUT2D eigenvalue weighted by Crippen LogP contribution is -2.18. The average Bonchev–Trinajstić information content (AvgIpc) is 2.46. The zero-order valence-electron chi connectivity index (χ0n) is 9.01. The van der Waals surface area contributed by atoms with Crippen molar-refractivity contribution in [2.24, 2.45) is 0 Å². The summed E-state index contributed by atoms with van der Waals surface area (Å²) in [6.07, 6.45) is 8.30. The molecule has 0 saturated heterocycles. The third-order valence-corrected chi connectivity index (χ3v) is 3.72. The molecule has 1 aromatic rings. The van der Waals surface area contributed by atoms with Crippen molar-refractivity contribution in [3.8, 4) is 0 Å². The van der Waals surface area contributed by atoms with E-state index in [1.165, 1.54) is 47.8 Å². The lowest BCUT2D eigenvalue weighted by atomic mass is 10.1. The lowest BCUT2D eigenvalue weighted by molar-refractivity contribution is 0.620. The van der Waals surface area contributed by atoms with Crippen molar-refractivity contribution in [3.05, 3.63) is 27.8 Å². The van der Waals surface area contributed by atoms with Crippen LogP contribution in [0.2, 0.25) is 0 Å². The highest BCUT2D eigenvalue weighted by Crippen LogP contribution is 2.21. The second-order valence-corrected chi connectivity index (χ2v) is 5.59. The van der Waals surface area contributed by atoms with E-state index in [0.717, 1.165) is 0 Å². The van der Waals surface area contributed by atoms with E-state index in [2.05, 4.69) is 52.2 Å². The molecule has 15 heavy (non-hydrogen) atoms. The van der Waals surface area contributed by atoms with E-state index in [-0.39, 0.29) is 0 Å². The Bertz CT molecular complexity index is 303. The molecule has 1 saturated carbocycles. The highest BCUT2D eigenvalue weighted by Gasteiger charge is 2.11. The molecule has 0 unspecified atom stereocenters. The molecule has 2 heteroatoms. The van der Waals surface area contributed by atoms with Gasteiger partial charge in [0.1, 0.15) is 0 Å². The monoisotopic (exact) mass is 315 g/mol. The lowest BCUT2D eigenvalue weighted by Gasteiger charge is -2.17. The molecule has 1 N–H and O–H groups in total. The Morgan fingerprint density at radius 1 is 1.07 bits per heavy atom. The molecule has 82 valence electrons. The molecular weight excluding hydrogens is 297 g/mol. The largest absolute Gasteiger partial charge is 0.382 e. The summed E-state index contributed by atoms with van der Waals surface area (Å²) in [5.41, 5.74) is 1.29. The molecule has 0 atom stereocenters. The molecule has 1 aromatic carbocycles. The van der Waals surface area contributed by atoms with Crippen LogP contribution in [-0.4, -0.2) is 6.04 Å². The molecule has 0 amide bonds. The molecule has 0 spiro atoms. The van der Waals surface area contributed by atoms with Gasteiger partial charge >= 0.3 is 0 Å². The first-order valence-corrected chi connectivity index (χ1v) is 6.94. The van der Waals surface area contributed by atoms with Crippen molar-refractivity contribution in [2.45, 2.75) is 44.6 Å². The number of rotatable bonds is 2. The zero-order chi connectivity index (χ0) is 10.5. The van der Waals surface area contributed by atoms with Gasteiger partial charge in [0.15, 0.2) is 0 Å². The van der Waals surface area contributed by atoms with Gasteiger partial charge in [-0.15, -0.1) is 0 Å². The van der Waals surface area contributed by atoms with Crippen molar-refractivity contribution in [1.29, 1.82) is 0 Å². The van der Waals surface area contributed by atoms with E-state index in [4.69, 9.17) is 0 Å². The molecular formula is C13H18IN. The zero-order valence-corrected chi connectivity index (χ0v) is 11.2. The topological polar surface area (TPSA) is 12.0 Å². The summed E-state index contributed by atoms with van der Waals surface area (Å²) in [7, 11) is 0. The Morgan fingerprint density at radius 3 is 2.47 bits per heavy atom. The van der Waals surface area contributed by atoms with Gasteiger partial charge in [-0.25, -0.2) is 0 Å². The molecule has 2 rings (SSSR count). The second-order valence-electron chi connectivity index (χ2n) is 4.34. The number of nitrogens with one attached hydrogen (secondary N) is 1. The number of benzene rings is 1. The van der Waals surface area contributed by atoms with Crippen LogP contribution in [0.4, 0.5) is 5.69 Å². The van der Waals surface area contributed by atoms with Gasteiger partial charge in [-0.05, 0) is 53.6 Å². The van der Waals surface area contributed by atoms with Crippen LogP contribution in [0.25, 0.3) is 0 Å². The Balaban J connectivity index is 1.95. The minimum absolute atomic E-state index is 0.700. The van der Waals surface area contributed by atoms with Crippen LogP contribution in [0.5, 0.6) is 0 Å². The highest BCUT2D eigenvalue weighted by atomic mass is 127. The van der Waals surface area contributed by atoms with Gasteiger partial charge in [-0.3, -0.25) is 0 Å². The molecule has 1 aliphatic rings. The van der Waals surface area contributed by atoms with Crippen LogP contribution in [0.15, 0.2) is 24.3 Å². The maximum atomic E-state index is 3.66. The molecule has 0 heterocycles. The fourth-order valence-electron chi connectivity index (χ4n) is 2.24. The normalized spacial score (nSPS) is 18.5. The molecule has 0 aliphatic heterocycles. The Morgan fingerprint density at radius 2 is 1.80 bits per heavy atom. The fourth-order valence-corrected chi connectivity index (χ4v) is 2.78. The van der Waals surface area contributed by atoms with E-state index in [9.17, 15) is 0 Å². The Kier molecular flexibility index (Phi) is 4.29. The van der Waals surface area contributed by atoms with Crippen LogP contribution in [0.3, 0.4) is 0 Å². The number of hydrogen-bond acceptors (Lipinski definition) is 1. The first kappa shape index (κ1) is 11.2. The predicted molar refractivity (Wildman–Crippen MR) is 74.3 cm³/mol. The van der Waals surface area contributed by atoms with Gasteiger partial charge in [-0.1, -0.05) is 31.7 Å². The van der Waals surface area contributed by atoms with E-state index < -0.39 is 0 Å². The summed E-state index contributed by atoms with van der Waals surface area (Å²) in [6.45, 7) is 0. The van der Waals surface area contributed by atoms with Crippen molar-refractivity contribution in [2.75, 3.05) is 5.32 Å². The summed E-state index contributed by atoms with van der Waals surface area (Å²) in [5.74, 6) is 0. The summed E-state index contributed by atoms with van der Waals surface area (Å²) in [4.78, 5) is 0. The Hall–Kier alpha value is -0.250. The number of anilines is 1. The van der Waals surface area contributed by atoms with Crippen molar-refractivity contribution < 1.29 is 0 Å². The first-order chi connectivity index (χ1) is 7.34. The smallest absolute Gasteiger partial charge is 0.0352 e. The van der Waals surface area contributed by atoms with E-state index in [1.54, 1.807) is 0 Å². The minimum atomic E-state index is 0.700. The van der Waals surface area contributed by atoms with E-state index in [0.29, 0.717) is 6.04 Å². The molecule has 0 aromatic heterocycles. The van der Waals surface area contributed by atoms with Gasteiger partial charge in [0.2, 0.25) is 0 Å². The summed E-state index contributed by atoms with van der Waals surface area (Å²) < 4.78 is 1.31. The maximum absolute atomic E-state index is 3.66. The van der Waals surface area contributed by atoms with Gasteiger partial charge in [0, 0.05) is 15.3 Å². The third kappa shape index (κ3) is 3.67. The van der Waals surface area contributed by atoms with Gasteiger partial charge in [0.25, 0.3) is 0 Å². The number of hydrogen-bond donors (Lipinski definition) is 1. The molecule has 1 aliphatic carbocycles. The number of halogens is 1. The van der Waals surface area contributed by atoms with Crippen LogP contribution in [0.1, 0.15) is 38.5 Å². The predicted octanol–water partition coefficient (Wildman–Crippen LogP) is 4.43. The van der Waals surface area contributed by atoms with Gasteiger partial charge in [-0.2, -0.15) is 0 Å². The Labute approximate surface area is 106 Å². The third-order valence-electron chi connectivity index (χ3n) is 3.05. The molecule has 1 nitrogen and oxygen atoms in total. The summed E-state index contributed by atoms with van der Waals surface area (Å²) in [6, 6.07) is 9.36. The fraction of sp³-hybridized carbons (Fsp3) is 0.538. The van der Waals surface area contributed by atoms with E-state index >= 15 is 0 Å². The first-order valence-electron chi connectivity index (χ1n) is 5.87. The average molecular weight is 315 g/mol. The molecule has 0 bridgehead atoms. The summed E-state index contributed by atoms with van der Waals surface area (Å²) in [5, 5.41) is 3.66. The van der Waals surface area contributed by atoms with Gasteiger partial charge < -0.3 is 5.32 Å². The van der Waals surface area contributed by atoms with Crippen LogP contribution < -0.4 is 5.32 Å². The second kappa shape index (κ2) is 5.73. The van der Waals surface area contributed by atoms with Gasteiger partial charge in [0.05, 0.1) is 0 Å². The van der Waals surface area contributed by atoms with E-state index in [1.807, 2.05) is 0 Å². The molecule has 0 radical (unpaired) electrons. The minimum Gasteiger partial charge on any atom is -0.382 e. The SMILES string of the molecule is Ic1cccc(NC2CCCCCC2)c1. The van der Waals surface area contributed by atoms with Crippen LogP contribution >= 0.6 is 22.6 Å². The quantitative estimate of drug-likeness (QED) is 0.629. The van der Waals surface area contributed by atoms with Crippen molar-refractivity contribution >= 4 is 28.3 Å². The summed E-state index contributed by atoms with van der Waals surface area (Å²) >= 11 is 2.37. The molecule has 1 fully saturated rings.